The second-order valence-corrected chi connectivity index (χ2v) is 5.11. The van der Waals surface area contributed by atoms with Gasteiger partial charge in [-0.2, -0.15) is 0 Å². The molecule has 2 aromatic carbocycles. The predicted molar refractivity (Wildman–Crippen MR) is 81.8 cm³/mol. The van der Waals surface area contributed by atoms with Gasteiger partial charge in [0.05, 0.1) is 12.1 Å². The number of hydrogen-bond acceptors (Lipinski definition) is 2. The third kappa shape index (κ3) is 3.36. The molecule has 0 saturated heterocycles. The van der Waals surface area contributed by atoms with E-state index in [0.29, 0.717) is 17.7 Å². The molecule has 0 atom stereocenters. The van der Waals surface area contributed by atoms with Crippen LogP contribution in [0.25, 0.3) is 0 Å². The molecule has 0 radical (unpaired) electrons. The molecule has 0 fully saturated rings. The van der Waals surface area contributed by atoms with Crippen LogP contribution in [-0.4, -0.2) is 11.1 Å². The van der Waals surface area contributed by atoms with Crippen LogP contribution in [0.3, 0.4) is 0 Å². The zero-order valence-electron chi connectivity index (χ0n) is 11.8. The summed E-state index contributed by atoms with van der Waals surface area (Å²) in [6.07, 6.45) is 0.150. The normalized spacial score (nSPS) is 10.5. The van der Waals surface area contributed by atoms with E-state index in [9.17, 15) is 13.6 Å². The van der Waals surface area contributed by atoms with Crippen LogP contribution in [0.4, 0.5) is 20.2 Å². The smallest absolute Gasteiger partial charge is 0.307 e. The third-order valence-electron chi connectivity index (χ3n) is 3.23. The number of carboxylic acids is 1. The fourth-order valence-corrected chi connectivity index (χ4v) is 2.33. The summed E-state index contributed by atoms with van der Waals surface area (Å²) in [6, 6.07) is 7.97. The summed E-state index contributed by atoms with van der Waals surface area (Å²) in [5, 5.41) is 11.1. The van der Waals surface area contributed by atoms with Crippen LogP contribution in [0.2, 0.25) is 5.02 Å². The molecule has 2 rings (SSSR count). The van der Waals surface area contributed by atoms with E-state index in [1.807, 2.05) is 0 Å². The number of hydrogen-bond donors (Lipinski definition) is 2. The topological polar surface area (TPSA) is 49.3 Å². The van der Waals surface area contributed by atoms with Gasteiger partial charge in [-0.25, -0.2) is 8.78 Å². The second kappa shape index (κ2) is 6.75. The molecule has 0 aliphatic rings. The van der Waals surface area contributed by atoms with E-state index in [2.05, 4.69) is 5.32 Å². The van der Waals surface area contributed by atoms with Crippen molar-refractivity contribution in [2.45, 2.75) is 19.8 Å². The van der Waals surface area contributed by atoms with Gasteiger partial charge in [0.15, 0.2) is 5.82 Å². The van der Waals surface area contributed by atoms with Crippen LogP contribution >= 0.6 is 11.6 Å². The maximum Gasteiger partial charge on any atom is 0.307 e. The summed E-state index contributed by atoms with van der Waals surface area (Å²) in [6.45, 7) is 1.73. The molecule has 0 unspecified atom stereocenters. The number of benzene rings is 2. The highest BCUT2D eigenvalue weighted by Crippen LogP contribution is 2.32. The summed E-state index contributed by atoms with van der Waals surface area (Å²) >= 11 is 5.67. The standard InChI is InChI=1S/C16H14ClF2NO2/c1-2-9-7-12(16(19)14(17)15(9)18)20-11-6-4-3-5-10(11)8-13(21)22/h3-7,20H,2,8H2,1H3,(H,21,22). The molecule has 6 heteroatoms. The Morgan fingerprint density at radius 2 is 1.86 bits per heavy atom. The van der Waals surface area contributed by atoms with E-state index < -0.39 is 22.6 Å². The molecule has 116 valence electrons. The molecule has 0 bridgehead atoms. The van der Waals surface area contributed by atoms with E-state index in [-0.39, 0.29) is 17.7 Å². The monoisotopic (exact) mass is 325 g/mol. The number of para-hydroxylation sites is 1. The average molecular weight is 326 g/mol. The van der Waals surface area contributed by atoms with Gasteiger partial charge in [-0.3, -0.25) is 4.79 Å². The van der Waals surface area contributed by atoms with Crippen molar-refractivity contribution < 1.29 is 18.7 Å². The highest BCUT2D eigenvalue weighted by molar-refractivity contribution is 6.31. The quantitative estimate of drug-likeness (QED) is 0.793. The molecule has 0 heterocycles. The van der Waals surface area contributed by atoms with Gasteiger partial charge in [0, 0.05) is 5.69 Å². The Kier molecular flexibility index (Phi) is 4.98. The van der Waals surface area contributed by atoms with Crippen molar-refractivity contribution in [1.29, 1.82) is 0 Å². The number of anilines is 2. The van der Waals surface area contributed by atoms with Gasteiger partial charge in [-0.1, -0.05) is 36.7 Å². The minimum atomic E-state index is -0.999. The average Bonchev–Trinajstić information content (AvgIpc) is 2.49. The predicted octanol–water partition coefficient (Wildman–Crippen LogP) is 4.55. The molecule has 0 aromatic heterocycles. The molecule has 0 aliphatic heterocycles. The number of nitrogens with one attached hydrogen (secondary N) is 1. The number of aliphatic carboxylic acids is 1. The van der Waals surface area contributed by atoms with Gasteiger partial charge in [-0.05, 0) is 29.7 Å². The fourth-order valence-electron chi connectivity index (χ4n) is 2.11. The summed E-state index contributed by atoms with van der Waals surface area (Å²) < 4.78 is 27.9. The van der Waals surface area contributed by atoms with Crippen molar-refractivity contribution in [3.63, 3.8) is 0 Å². The Bertz CT molecular complexity index is 720. The number of carboxylic acid groups (broad SMARTS) is 1. The molecular weight excluding hydrogens is 312 g/mol. The Balaban J connectivity index is 2.44. The van der Waals surface area contributed by atoms with Crippen molar-refractivity contribution in [2.75, 3.05) is 5.32 Å². The van der Waals surface area contributed by atoms with Crippen LogP contribution in [0.1, 0.15) is 18.1 Å². The van der Waals surface area contributed by atoms with E-state index in [0.717, 1.165) is 0 Å². The van der Waals surface area contributed by atoms with Crippen LogP contribution in [0, 0.1) is 11.6 Å². The second-order valence-electron chi connectivity index (χ2n) is 4.73. The van der Waals surface area contributed by atoms with E-state index >= 15 is 0 Å². The minimum Gasteiger partial charge on any atom is -0.481 e. The molecule has 0 saturated carbocycles. The molecule has 3 nitrogen and oxygen atoms in total. The first kappa shape index (κ1) is 16.2. The van der Waals surface area contributed by atoms with Crippen molar-refractivity contribution in [2.24, 2.45) is 0 Å². The summed E-state index contributed by atoms with van der Waals surface area (Å²) in [7, 11) is 0. The molecule has 22 heavy (non-hydrogen) atoms. The Morgan fingerprint density at radius 3 is 2.50 bits per heavy atom. The SMILES string of the molecule is CCc1cc(Nc2ccccc2CC(=O)O)c(F)c(Cl)c1F. The van der Waals surface area contributed by atoms with Crippen molar-refractivity contribution in [3.8, 4) is 0 Å². The lowest BCUT2D eigenvalue weighted by Gasteiger charge is -2.14. The molecule has 2 N–H and O–H groups in total. The molecule has 2 aromatic rings. The molecule has 0 aliphatic carbocycles. The summed E-state index contributed by atoms with van der Waals surface area (Å²) in [4.78, 5) is 10.9. The lowest BCUT2D eigenvalue weighted by atomic mass is 10.1. The van der Waals surface area contributed by atoms with Gasteiger partial charge in [0.25, 0.3) is 0 Å². The van der Waals surface area contributed by atoms with E-state index in [1.54, 1.807) is 31.2 Å². The fraction of sp³-hybridized carbons (Fsp3) is 0.188. The van der Waals surface area contributed by atoms with Crippen LogP contribution in [0.5, 0.6) is 0 Å². The number of halogens is 3. The van der Waals surface area contributed by atoms with Gasteiger partial charge in [0.1, 0.15) is 10.8 Å². The highest BCUT2D eigenvalue weighted by atomic mass is 35.5. The van der Waals surface area contributed by atoms with Crippen LogP contribution < -0.4 is 5.32 Å². The number of rotatable bonds is 5. The highest BCUT2D eigenvalue weighted by Gasteiger charge is 2.17. The Hall–Kier alpha value is -2.14. The lowest BCUT2D eigenvalue weighted by Crippen LogP contribution is -2.05. The number of aryl methyl sites for hydroxylation is 1. The van der Waals surface area contributed by atoms with Gasteiger partial charge in [0.2, 0.25) is 0 Å². The van der Waals surface area contributed by atoms with Crippen molar-refractivity contribution in [3.05, 3.63) is 58.1 Å². The van der Waals surface area contributed by atoms with E-state index in [4.69, 9.17) is 16.7 Å². The first-order valence-corrected chi connectivity index (χ1v) is 7.05. The summed E-state index contributed by atoms with van der Waals surface area (Å²) in [5.41, 5.74) is 1.23. The first-order chi connectivity index (χ1) is 10.4. The Labute approximate surface area is 131 Å². The van der Waals surface area contributed by atoms with E-state index in [1.165, 1.54) is 6.07 Å². The minimum absolute atomic E-state index is 0.0149. The zero-order valence-corrected chi connectivity index (χ0v) is 12.5. The van der Waals surface area contributed by atoms with Crippen molar-refractivity contribution in [1.82, 2.24) is 0 Å². The number of carbonyl (C=O) groups is 1. The largest absolute Gasteiger partial charge is 0.481 e. The van der Waals surface area contributed by atoms with Crippen LogP contribution in [-0.2, 0) is 17.6 Å². The third-order valence-corrected chi connectivity index (χ3v) is 3.56. The van der Waals surface area contributed by atoms with Crippen LogP contribution in [0.15, 0.2) is 30.3 Å². The zero-order chi connectivity index (χ0) is 16.3. The summed E-state index contributed by atoms with van der Waals surface area (Å²) in [5.74, 6) is -2.67. The Morgan fingerprint density at radius 1 is 1.18 bits per heavy atom. The first-order valence-electron chi connectivity index (χ1n) is 6.67. The molecular formula is C16H14ClF2NO2. The molecule has 0 amide bonds. The van der Waals surface area contributed by atoms with Gasteiger partial charge < -0.3 is 10.4 Å². The maximum atomic E-state index is 14.1. The molecule has 0 spiro atoms. The lowest BCUT2D eigenvalue weighted by molar-refractivity contribution is -0.136. The van der Waals surface area contributed by atoms with Gasteiger partial charge >= 0.3 is 5.97 Å². The van der Waals surface area contributed by atoms with Gasteiger partial charge in [-0.15, -0.1) is 0 Å². The van der Waals surface area contributed by atoms with Crippen molar-refractivity contribution >= 4 is 28.9 Å². The maximum absolute atomic E-state index is 14.1.